The van der Waals surface area contributed by atoms with Crippen molar-refractivity contribution < 1.29 is 9.90 Å². The van der Waals surface area contributed by atoms with E-state index in [2.05, 4.69) is 5.32 Å². The standard InChI is InChI=1S/C11H13BN2O2/c12-7-1-2-10-8(4-7)6(5-14-10)3-9(13)11(15)16/h1-2,4,6,9,14H,3,5,13H2,(H,15,16). The van der Waals surface area contributed by atoms with E-state index >= 15 is 0 Å². The monoisotopic (exact) mass is 216 g/mol. The first kappa shape index (κ1) is 11.0. The van der Waals surface area contributed by atoms with Gasteiger partial charge in [0.05, 0.1) is 0 Å². The molecule has 0 aliphatic carbocycles. The fourth-order valence-electron chi connectivity index (χ4n) is 2.04. The number of rotatable bonds is 3. The van der Waals surface area contributed by atoms with Crippen LogP contribution in [0.3, 0.4) is 0 Å². The van der Waals surface area contributed by atoms with Crippen LogP contribution < -0.4 is 16.5 Å². The zero-order chi connectivity index (χ0) is 11.7. The van der Waals surface area contributed by atoms with Gasteiger partial charge in [-0.25, -0.2) is 0 Å². The molecule has 0 saturated carbocycles. The van der Waals surface area contributed by atoms with Crippen LogP contribution in [0.1, 0.15) is 17.9 Å². The van der Waals surface area contributed by atoms with E-state index in [9.17, 15) is 4.79 Å². The summed E-state index contributed by atoms with van der Waals surface area (Å²) < 4.78 is 0. The molecule has 2 unspecified atom stereocenters. The largest absolute Gasteiger partial charge is 0.480 e. The number of aliphatic carboxylic acids is 1. The van der Waals surface area contributed by atoms with Gasteiger partial charge in [0.2, 0.25) is 0 Å². The molecule has 4 nitrogen and oxygen atoms in total. The smallest absolute Gasteiger partial charge is 0.320 e. The molecule has 82 valence electrons. The molecule has 0 saturated heterocycles. The molecule has 1 heterocycles. The van der Waals surface area contributed by atoms with Crippen LogP contribution in [0, 0.1) is 0 Å². The first-order chi connectivity index (χ1) is 7.58. The van der Waals surface area contributed by atoms with E-state index in [1.54, 1.807) is 0 Å². The number of carbonyl (C=O) groups is 1. The molecule has 0 aromatic heterocycles. The highest BCUT2D eigenvalue weighted by molar-refractivity contribution is 6.32. The number of nitrogens with one attached hydrogen (secondary N) is 1. The van der Waals surface area contributed by atoms with Gasteiger partial charge in [-0.1, -0.05) is 17.6 Å². The molecule has 4 N–H and O–H groups in total. The van der Waals surface area contributed by atoms with Crippen LogP contribution in [0.25, 0.3) is 0 Å². The lowest BCUT2D eigenvalue weighted by atomic mass is 9.88. The van der Waals surface area contributed by atoms with Crippen LogP contribution in [0.15, 0.2) is 18.2 Å². The zero-order valence-corrected chi connectivity index (χ0v) is 8.81. The summed E-state index contributed by atoms with van der Waals surface area (Å²) in [5.41, 5.74) is 8.32. The molecule has 0 fully saturated rings. The van der Waals surface area contributed by atoms with E-state index in [4.69, 9.17) is 18.7 Å². The third kappa shape index (κ3) is 2.04. The topological polar surface area (TPSA) is 75.4 Å². The van der Waals surface area contributed by atoms with Gasteiger partial charge in [0.15, 0.2) is 0 Å². The van der Waals surface area contributed by atoms with Crippen LogP contribution in [0.2, 0.25) is 0 Å². The van der Waals surface area contributed by atoms with Gasteiger partial charge in [-0.2, -0.15) is 0 Å². The van der Waals surface area contributed by atoms with Crippen LogP contribution in [-0.2, 0) is 4.79 Å². The minimum absolute atomic E-state index is 0.129. The maximum absolute atomic E-state index is 10.7. The van der Waals surface area contributed by atoms with Gasteiger partial charge >= 0.3 is 5.97 Å². The minimum Gasteiger partial charge on any atom is -0.480 e. The maximum Gasteiger partial charge on any atom is 0.320 e. The van der Waals surface area contributed by atoms with E-state index in [-0.39, 0.29) is 5.92 Å². The lowest BCUT2D eigenvalue weighted by Gasteiger charge is -2.13. The molecule has 1 aliphatic heterocycles. The first-order valence-electron chi connectivity index (χ1n) is 5.19. The fraction of sp³-hybridized carbons (Fsp3) is 0.364. The van der Waals surface area contributed by atoms with Gasteiger partial charge in [-0.05, 0) is 18.1 Å². The second-order valence-electron chi connectivity index (χ2n) is 4.10. The van der Waals surface area contributed by atoms with Gasteiger partial charge in [-0.15, -0.1) is 0 Å². The summed E-state index contributed by atoms with van der Waals surface area (Å²) in [4.78, 5) is 10.7. The Bertz CT molecular complexity index is 422. The minimum atomic E-state index is -0.961. The highest BCUT2D eigenvalue weighted by atomic mass is 16.4. The molecular weight excluding hydrogens is 203 g/mol. The predicted octanol–water partition coefficient (Wildman–Crippen LogP) is -0.208. The van der Waals surface area contributed by atoms with Crippen LogP contribution in [0.5, 0.6) is 0 Å². The molecule has 1 aromatic rings. The molecule has 0 amide bonds. The second-order valence-corrected chi connectivity index (χ2v) is 4.10. The van der Waals surface area contributed by atoms with Crippen molar-refractivity contribution in [3.63, 3.8) is 0 Å². The van der Waals surface area contributed by atoms with E-state index in [1.807, 2.05) is 18.2 Å². The van der Waals surface area contributed by atoms with Crippen molar-refractivity contribution in [1.82, 2.24) is 0 Å². The lowest BCUT2D eigenvalue weighted by Crippen LogP contribution is -2.32. The fourth-order valence-corrected chi connectivity index (χ4v) is 2.04. The van der Waals surface area contributed by atoms with Crippen molar-refractivity contribution in [3.05, 3.63) is 23.8 Å². The average molecular weight is 216 g/mol. The second kappa shape index (κ2) is 4.18. The molecule has 0 spiro atoms. The Hall–Kier alpha value is -1.49. The zero-order valence-electron chi connectivity index (χ0n) is 8.81. The van der Waals surface area contributed by atoms with Crippen molar-refractivity contribution in [2.45, 2.75) is 18.4 Å². The van der Waals surface area contributed by atoms with Crippen molar-refractivity contribution >= 4 is 25.0 Å². The Balaban J connectivity index is 2.17. The molecule has 5 heteroatoms. The van der Waals surface area contributed by atoms with Gasteiger partial charge in [0.1, 0.15) is 13.9 Å². The molecule has 1 aromatic carbocycles. The van der Waals surface area contributed by atoms with Gasteiger partial charge < -0.3 is 16.2 Å². The van der Waals surface area contributed by atoms with Crippen LogP contribution in [-0.4, -0.2) is 31.5 Å². The van der Waals surface area contributed by atoms with Crippen LogP contribution in [0.4, 0.5) is 5.69 Å². The molecule has 2 rings (SSSR count). The molecule has 16 heavy (non-hydrogen) atoms. The summed E-state index contributed by atoms with van der Waals surface area (Å²) in [5, 5.41) is 12.0. The van der Waals surface area contributed by atoms with Crippen molar-refractivity contribution in [1.29, 1.82) is 0 Å². The van der Waals surface area contributed by atoms with E-state index in [1.165, 1.54) is 0 Å². The normalized spacial score (nSPS) is 19.9. The summed E-state index contributed by atoms with van der Waals surface area (Å²) in [6, 6.07) is 4.80. The maximum atomic E-state index is 10.7. The van der Waals surface area contributed by atoms with E-state index in [0.29, 0.717) is 11.9 Å². The number of hydrogen-bond acceptors (Lipinski definition) is 3. The van der Waals surface area contributed by atoms with Gasteiger partial charge in [0.25, 0.3) is 0 Å². The Morgan fingerprint density at radius 1 is 1.69 bits per heavy atom. The van der Waals surface area contributed by atoms with Gasteiger partial charge in [0, 0.05) is 18.2 Å². The van der Waals surface area contributed by atoms with E-state index in [0.717, 1.165) is 17.8 Å². The Morgan fingerprint density at radius 3 is 3.12 bits per heavy atom. The molecule has 2 radical (unpaired) electrons. The number of carboxylic acids is 1. The Kier molecular flexibility index (Phi) is 2.87. The number of fused-ring (bicyclic) bond motifs is 1. The third-order valence-corrected chi connectivity index (χ3v) is 2.91. The SMILES string of the molecule is [B]c1ccc2c(c1)C(CC(N)C(=O)O)CN2. The van der Waals surface area contributed by atoms with E-state index < -0.39 is 12.0 Å². The number of nitrogens with two attached hydrogens (primary N) is 1. The van der Waals surface area contributed by atoms with Crippen LogP contribution >= 0.6 is 0 Å². The summed E-state index contributed by atoms with van der Waals surface area (Å²) in [6.45, 7) is 0.722. The highest BCUT2D eigenvalue weighted by Gasteiger charge is 2.26. The Labute approximate surface area is 95.2 Å². The number of hydrogen-bond donors (Lipinski definition) is 3. The summed E-state index contributed by atoms with van der Waals surface area (Å²) in [5.74, 6) is -0.832. The van der Waals surface area contributed by atoms with Crippen molar-refractivity contribution in [3.8, 4) is 0 Å². The quantitative estimate of drug-likeness (QED) is 0.611. The molecular formula is C11H13BN2O2. The number of carboxylic acid groups (broad SMARTS) is 1. The number of anilines is 1. The number of benzene rings is 1. The summed E-state index contributed by atoms with van der Waals surface area (Å²) in [7, 11) is 5.71. The Morgan fingerprint density at radius 2 is 2.44 bits per heavy atom. The molecule has 2 atom stereocenters. The highest BCUT2D eigenvalue weighted by Crippen LogP contribution is 2.33. The average Bonchev–Trinajstić information content (AvgIpc) is 2.61. The summed E-state index contributed by atoms with van der Waals surface area (Å²) in [6.07, 6.45) is 0.429. The first-order valence-corrected chi connectivity index (χ1v) is 5.19. The molecule has 0 bridgehead atoms. The predicted molar refractivity (Wildman–Crippen MR) is 63.3 cm³/mol. The summed E-state index contributed by atoms with van der Waals surface area (Å²) >= 11 is 0. The van der Waals surface area contributed by atoms with Gasteiger partial charge in [-0.3, -0.25) is 4.79 Å². The molecule has 1 aliphatic rings. The van der Waals surface area contributed by atoms with Crippen molar-refractivity contribution in [2.24, 2.45) is 5.73 Å². The lowest BCUT2D eigenvalue weighted by molar-refractivity contribution is -0.138. The third-order valence-electron chi connectivity index (χ3n) is 2.91. The van der Waals surface area contributed by atoms with Crippen molar-refractivity contribution in [2.75, 3.05) is 11.9 Å².